The van der Waals surface area contributed by atoms with E-state index >= 15 is 0 Å². The molecule has 46 heavy (non-hydrogen) atoms. The zero-order valence-corrected chi connectivity index (χ0v) is 30.4. The predicted molar refractivity (Wildman–Crippen MR) is 190 cm³/mol. The molecule has 0 radical (unpaired) electrons. The normalized spacial score (nSPS) is 14.6. The molecule has 0 N–H and O–H groups in total. The number of halogens is 3. The minimum Gasteiger partial charge on any atom is -0.487 e. The number of hydrogen-bond acceptors (Lipinski definition) is 8. The molecule has 5 rings (SSSR count). The third-order valence-electron chi connectivity index (χ3n) is 7.10. The predicted octanol–water partition coefficient (Wildman–Crippen LogP) is 5.83. The lowest BCUT2D eigenvalue weighted by molar-refractivity contribution is -0.143. The summed E-state index contributed by atoms with van der Waals surface area (Å²) in [4.78, 5) is 44.4. The second kappa shape index (κ2) is 14.6. The summed E-state index contributed by atoms with van der Waals surface area (Å²) in [6, 6.07) is 16.6. The Morgan fingerprint density at radius 2 is 1.76 bits per heavy atom. The minimum absolute atomic E-state index is 0.0845. The van der Waals surface area contributed by atoms with E-state index in [1.165, 1.54) is 29.1 Å². The quantitative estimate of drug-likeness (QED) is 0.155. The number of rotatable bonds is 9. The van der Waals surface area contributed by atoms with E-state index in [1.807, 2.05) is 12.1 Å². The summed E-state index contributed by atoms with van der Waals surface area (Å²) in [6.07, 6.45) is 1.52. The first kappa shape index (κ1) is 34.0. The maximum atomic E-state index is 14.1. The number of hydrogen-bond donors (Lipinski definition) is 0. The summed E-state index contributed by atoms with van der Waals surface area (Å²) in [6.45, 7) is 5.34. The molecule has 0 saturated carbocycles. The van der Waals surface area contributed by atoms with Crippen LogP contribution in [0.2, 0.25) is 0 Å². The molecule has 238 valence electrons. The Balaban J connectivity index is 1.55. The summed E-state index contributed by atoms with van der Waals surface area (Å²) < 4.78 is 34.0. The van der Waals surface area contributed by atoms with E-state index in [9.17, 15) is 18.8 Å². The van der Waals surface area contributed by atoms with E-state index in [4.69, 9.17) is 14.2 Å². The Kier molecular flexibility index (Phi) is 10.8. The van der Waals surface area contributed by atoms with Crippen molar-refractivity contribution in [2.75, 3.05) is 7.11 Å². The van der Waals surface area contributed by atoms with Gasteiger partial charge in [-0.1, -0.05) is 53.8 Å². The molecule has 2 heterocycles. The minimum atomic E-state index is -0.786. The van der Waals surface area contributed by atoms with Gasteiger partial charge in [0.2, 0.25) is 0 Å². The number of benzene rings is 3. The van der Waals surface area contributed by atoms with Crippen molar-refractivity contribution in [1.29, 1.82) is 0 Å². The highest BCUT2D eigenvalue weighted by molar-refractivity contribution is 14.1. The van der Waals surface area contributed by atoms with Gasteiger partial charge in [-0.15, -0.1) is 0 Å². The Hall–Kier alpha value is -3.37. The molecular formula is C34H29FI2N2O6S. The molecule has 0 fully saturated rings. The van der Waals surface area contributed by atoms with Crippen molar-refractivity contribution in [2.24, 2.45) is 4.99 Å². The number of esters is 2. The highest BCUT2D eigenvalue weighted by Crippen LogP contribution is 2.32. The van der Waals surface area contributed by atoms with Crippen LogP contribution in [-0.2, 0) is 32.1 Å². The van der Waals surface area contributed by atoms with Crippen LogP contribution in [0.25, 0.3) is 6.08 Å². The van der Waals surface area contributed by atoms with Crippen LogP contribution in [0.15, 0.2) is 81.7 Å². The fourth-order valence-corrected chi connectivity index (χ4v) is 8.12. The average Bonchev–Trinajstić information content (AvgIpc) is 3.30. The highest BCUT2D eigenvalue weighted by atomic mass is 127. The van der Waals surface area contributed by atoms with Crippen LogP contribution < -0.4 is 19.6 Å². The lowest BCUT2D eigenvalue weighted by Crippen LogP contribution is -2.40. The number of thiazole rings is 1. The maximum Gasteiger partial charge on any atom is 0.338 e. The first-order valence-corrected chi connectivity index (χ1v) is 17.2. The number of methoxy groups -OCH3 is 1. The van der Waals surface area contributed by atoms with Crippen LogP contribution in [0.5, 0.6) is 5.75 Å². The summed E-state index contributed by atoms with van der Waals surface area (Å²) in [5, 5.41) is 0. The second-order valence-corrected chi connectivity index (χ2v) is 14.1. The largest absolute Gasteiger partial charge is 0.487 e. The molecule has 0 spiro atoms. The van der Waals surface area contributed by atoms with Gasteiger partial charge < -0.3 is 14.2 Å². The Labute approximate surface area is 295 Å². The highest BCUT2D eigenvalue weighted by Gasteiger charge is 2.34. The van der Waals surface area contributed by atoms with Gasteiger partial charge in [-0.25, -0.2) is 14.2 Å². The summed E-state index contributed by atoms with van der Waals surface area (Å²) in [5.41, 5.74) is 3.07. The fourth-order valence-electron chi connectivity index (χ4n) is 4.95. The third-order valence-corrected chi connectivity index (χ3v) is 9.69. The number of nitrogens with zero attached hydrogens (tertiary/aromatic N) is 2. The molecule has 0 aliphatic carbocycles. The molecule has 1 aliphatic heterocycles. The zero-order chi connectivity index (χ0) is 33.1. The van der Waals surface area contributed by atoms with Crippen LogP contribution in [0, 0.1) is 13.0 Å². The van der Waals surface area contributed by atoms with Crippen molar-refractivity contribution in [3.8, 4) is 5.75 Å². The summed E-state index contributed by atoms with van der Waals surface area (Å²) >= 11 is 5.56. The van der Waals surface area contributed by atoms with E-state index in [-0.39, 0.29) is 42.1 Å². The van der Waals surface area contributed by atoms with E-state index < -0.39 is 12.0 Å². The fraction of sp³-hybridized carbons (Fsp3) is 0.235. The van der Waals surface area contributed by atoms with Crippen molar-refractivity contribution in [1.82, 2.24) is 4.57 Å². The number of ether oxygens (including phenoxy) is 3. The number of carbonyl (C=O) groups excluding carboxylic acids is 2. The van der Waals surface area contributed by atoms with Crippen molar-refractivity contribution >= 4 is 74.5 Å². The Morgan fingerprint density at radius 1 is 1.09 bits per heavy atom. The molecule has 12 heteroatoms. The van der Waals surface area contributed by atoms with Gasteiger partial charge in [-0.2, -0.15) is 0 Å². The average molecular weight is 866 g/mol. The number of allylic oxidation sites excluding steroid dienone is 1. The van der Waals surface area contributed by atoms with Crippen LogP contribution in [0.4, 0.5) is 4.39 Å². The molecule has 8 nitrogen and oxygen atoms in total. The van der Waals surface area contributed by atoms with E-state index in [1.54, 1.807) is 69.3 Å². The molecule has 0 amide bonds. The lowest BCUT2D eigenvalue weighted by atomic mass is 9.94. The van der Waals surface area contributed by atoms with Gasteiger partial charge in [-0.3, -0.25) is 14.2 Å². The number of aromatic nitrogens is 1. The molecule has 0 bridgehead atoms. The molecule has 0 saturated heterocycles. The van der Waals surface area contributed by atoms with Crippen LogP contribution >= 0.6 is 56.5 Å². The second-order valence-electron chi connectivity index (χ2n) is 10.7. The molecule has 0 unspecified atom stereocenters. The molecule has 1 aromatic heterocycles. The van der Waals surface area contributed by atoms with Crippen molar-refractivity contribution in [3.63, 3.8) is 0 Å². The van der Waals surface area contributed by atoms with Gasteiger partial charge in [0.1, 0.15) is 18.2 Å². The molecule has 1 atom stereocenters. The molecule has 3 aromatic carbocycles. The summed E-state index contributed by atoms with van der Waals surface area (Å²) in [5.74, 6) is -0.621. The number of carbonyl (C=O) groups is 2. The Morgan fingerprint density at radius 3 is 2.39 bits per heavy atom. The van der Waals surface area contributed by atoms with Gasteiger partial charge >= 0.3 is 11.9 Å². The SMILES string of the molecule is COC(=O)Cc1ccc([C@H]2C(C(=O)OC(C)C)=C(C)N=c3s/c(=C/c4cc(I)c(OCc5ccccc5F)c(I)c4)c(=O)n32)cc1. The van der Waals surface area contributed by atoms with Gasteiger partial charge in [0.05, 0.1) is 48.6 Å². The van der Waals surface area contributed by atoms with Crippen LogP contribution in [0.3, 0.4) is 0 Å². The topological polar surface area (TPSA) is 96.2 Å². The third kappa shape index (κ3) is 7.44. The van der Waals surface area contributed by atoms with Gasteiger partial charge in [0, 0.05) is 5.56 Å². The van der Waals surface area contributed by atoms with Gasteiger partial charge in [0.15, 0.2) is 4.80 Å². The molecule has 4 aromatic rings. The first-order valence-electron chi connectivity index (χ1n) is 14.2. The van der Waals surface area contributed by atoms with Crippen molar-refractivity contribution < 1.29 is 28.2 Å². The zero-order valence-electron chi connectivity index (χ0n) is 25.3. The van der Waals surface area contributed by atoms with E-state index in [0.717, 1.165) is 18.3 Å². The van der Waals surface area contributed by atoms with Crippen LogP contribution in [0.1, 0.15) is 49.1 Å². The first-order chi connectivity index (χ1) is 22.0. The van der Waals surface area contributed by atoms with E-state index in [0.29, 0.717) is 31.9 Å². The monoisotopic (exact) mass is 866 g/mol. The lowest BCUT2D eigenvalue weighted by Gasteiger charge is -2.25. The maximum absolute atomic E-state index is 14.1. The Bertz CT molecular complexity index is 2010. The molecule has 1 aliphatic rings. The standard InChI is InChI=1S/C34H29FI2N2O6S/c1-18(2)45-33(42)29-19(3)38-34-39(30(29)22-11-9-20(10-12-22)16-28(40)43-4)32(41)27(46-34)15-21-13-25(36)31(26(37)14-21)44-17-23-7-5-6-8-24(23)35/h5-15,18,30H,16-17H2,1-4H3/b27-15+/t30-/m0/s1. The van der Waals surface area contributed by atoms with Crippen LogP contribution in [-0.4, -0.2) is 29.7 Å². The van der Waals surface area contributed by atoms with Gasteiger partial charge in [-0.05, 0) is 107 Å². The molecular weight excluding hydrogens is 837 g/mol. The van der Waals surface area contributed by atoms with Crippen molar-refractivity contribution in [3.05, 3.63) is 127 Å². The smallest absolute Gasteiger partial charge is 0.338 e. The number of fused-ring (bicyclic) bond motifs is 1. The van der Waals surface area contributed by atoms with Crippen molar-refractivity contribution in [2.45, 2.75) is 45.9 Å². The summed E-state index contributed by atoms with van der Waals surface area (Å²) in [7, 11) is 1.33. The van der Waals surface area contributed by atoms with Gasteiger partial charge in [0.25, 0.3) is 5.56 Å². The van der Waals surface area contributed by atoms with E-state index in [2.05, 4.69) is 50.2 Å².